The fourth-order valence-electron chi connectivity index (χ4n) is 3.24. The van der Waals surface area contributed by atoms with E-state index in [0.29, 0.717) is 0 Å². The summed E-state index contributed by atoms with van der Waals surface area (Å²) >= 11 is 0. The zero-order chi connectivity index (χ0) is 17.5. The summed E-state index contributed by atoms with van der Waals surface area (Å²) in [5, 5.41) is 0. The van der Waals surface area contributed by atoms with Gasteiger partial charge in [0.1, 0.15) is 0 Å². The number of hydrogen-bond donors (Lipinski definition) is 0. The van der Waals surface area contributed by atoms with Crippen LogP contribution in [0.4, 0.5) is 0 Å². The van der Waals surface area contributed by atoms with Crippen LogP contribution in [-0.4, -0.2) is 30.9 Å². The van der Waals surface area contributed by atoms with Crippen LogP contribution in [0, 0.1) is 5.92 Å². The molecule has 0 fully saturated rings. The van der Waals surface area contributed by atoms with Gasteiger partial charge in [-0.1, -0.05) is 24.3 Å². The highest BCUT2D eigenvalue weighted by atomic mass is 16.6. The van der Waals surface area contributed by atoms with Crippen molar-refractivity contribution in [3.05, 3.63) is 35.4 Å². The molecule has 130 valence electrons. The molecule has 5 heteroatoms. The Kier molecular flexibility index (Phi) is 6.53. The molecule has 0 aromatic heterocycles. The fraction of sp³-hybridized carbons (Fsp3) is 0.526. The Bertz CT molecular complexity index is 590. The van der Waals surface area contributed by atoms with Crippen LogP contribution in [0.1, 0.15) is 50.2 Å². The van der Waals surface area contributed by atoms with E-state index in [1.54, 1.807) is 13.8 Å². The molecule has 1 unspecified atom stereocenters. The average Bonchev–Trinajstić information content (AvgIpc) is 2.56. The van der Waals surface area contributed by atoms with Crippen molar-refractivity contribution in [3.63, 3.8) is 0 Å². The lowest BCUT2D eigenvalue weighted by Crippen LogP contribution is -2.35. The molecule has 0 amide bonds. The lowest BCUT2D eigenvalue weighted by molar-refractivity contribution is -0.164. The van der Waals surface area contributed by atoms with E-state index in [1.807, 2.05) is 18.2 Å². The maximum atomic E-state index is 12.7. The predicted molar refractivity (Wildman–Crippen MR) is 88.5 cm³/mol. The van der Waals surface area contributed by atoms with Gasteiger partial charge in [0.15, 0.2) is 5.78 Å². The molecule has 1 atom stereocenters. The number of ether oxygens (including phenoxy) is 2. The zero-order valence-electron chi connectivity index (χ0n) is 14.2. The minimum Gasteiger partial charge on any atom is -0.465 e. The van der Waals surface area contributed by atoms with Crippen molar-refractivity contribution in [1.82, 2.24) is 0 Å². The molecule has 24 heavy (non-hydrogen) atoms. The minimum atomic E-state index is -1.47. The highest BCUT2D eigenvalue weighted by Gasteiger charge is 2.38. The Hall–Kier alpha value is -2.17. The standard InChI is InChI=1S/C19H24O5/c1-3-23-18(21)17(19(22)24-4-2)16(20)12-14-10-7-9-13-8-5-6-11-15(13)14/h5-6,8,11,14,17H,3-4,7,9-10,12H2,1-2H3. The molecule has 0 radical (unpaired) electrons. The number of Topliss-reactive ketones (excluding diaryl/α,β-unsaturated/α-hetero) is 1. The van der Waals surface area contributed by atoms with E-state index in [4.69, 9.17) is 9.47 Å². The van der Waals surface area contributed by atoms with E-state index in [2.05, 4.69) is 6.07 Å². The molecular weight excluding hydrogens is 308 g/mol. The summed E-state index contributed by atoms with van der Waals surface area (Å²) in [6.45, 7) is 3.52. The first-order chi connectivity index (χ1) is 11.6. The second-order valence-electron chi connectivity index (χ2n) is 5.90. The lowest BCUT2D eigenvalue weighted by Gasteiger charge is -2.25. The fourth-order valence-corrected chi connectivity index (χ4v) is 3.24. The smallest absolute Gasteiger partial charge is 0.328 e. The number of rotatable bonds is 7. The first-order valence-corrected chi connectivity index (χ1v) is 8.52. The summed E-state index contributed by atoms with van der Waals surface area (Å²) in [6, 6.07) is 8.04. The maximum absolute atomic E-state index is 12.7. The summed E-state index contributed by atoms with van der Waals surface area (Å²) in [7, 11) is 0. The van der Waals surface area contributed by atoms with Gasteiger partial charge in [-0.05, 0) is 50.2 Å². The van der Waals surface area contributed by atoms with Crippen LogP contribution in [0.5, 0.6) is 0 Å². The molecule has 0 saturated carbocycles. The first kappa shape index (κ1) is 18.2. The van der Waals surface area contributed by atoms with E-state index < -0.39 is 23.6 Å². The monoisotopic (exact) mass is 332 g/mol. The molecule has 1 aliphatic rings. The number of carbonyl (C=O) groups excluding carboxylic acids is 3. The van der Waals surface area contributed by atoms with Crippen LogP contribution in [0.15, 0.2) is 24.3 Å². The topological polar surface area (TPSA) is 69.7 Å². The minimum absolute atomic E-state index is 0.0359. The van der Waals surface area contributed by atoms with Crippen molar-refractivity contribution < 1.29 is 23.9 Å². The average molecular weight is 332 g/mol. The van der Waals surface area contributed by atoms with Crippen LogP contribution >= 0.6 is 0 Å². The Balaban J connectivity index is 2.16. The number of hydrogen-bond acceptors (Lipinski definition) is 5. The van der Waals surface area contributed by atoms with Gasteiger partial charge < -0.3 is 9.47 Å². The van der Waals surface area contributed by atoms with Gasteiger partial charge in [0, 0.05) is 6.42 Å². The Morgan fingerprint density at radius 2 is 1.71 bits per heavy atom. The molecule has 0 aliphatic heterocycles. The maximum Gasteiger partial charge on any atom is 0.328 e. The highest BCUT2D eigenvalue weighted by Crippen LogP contribution is 2.34. The number of carbonyl (C=O) groups is 3. The van der Waals surface area contributed by atoms with Crippen molar-refractivity contribution in [2.75, 3.05) is 13.2 Å². The van der Waals surface area contributed by atoms with Crippen molar-refractivity contribution in [3.8, 4) is 0 Å². The van der Waals surface area contributed by atoms with Crippen molar-refractivity contribution in [2.24, 2.45) is 5.92 Å². The Morgan fingerprint density at radius 3 is 2.33 bits per heavy atom. The van der Waals surface area contributed by atoms with Crippen molar-refractivity contribution in [2.45, 2.75) is 45.4 Å². The van der Waals surface area contributed by atoms with Gasteiger partial charge in [-0.15, -0.1) is 0 Å². The largest absolute Gasteiger partial charge is 0.465 e. The van der Waals surface area contributed by atoms with Crippen molar-refractivity contribution in [1.29, 1.82) is 0 Å². The molecule has 0 spiro atoms. The molecule has 0 N–H and O–H groups in total. The van der Waals surface area contributed by atoms with E-state index in [9.17, 15) is 14.4 Å². The highest BCUT2D eigenvalue weighted by molar-refractivity contribution is 6.15. The van der Waals surface area contributed by atoms with Gasteiger partial charge in [-0.2, -0.15) is 0 Å². The van der Waals surface area contributed by atoms with Crippen LogP contribution in [-0.2, 0) is 30.3 Å². The van der Waals surface area contributed by atoms with E-state index in [0.717, 1.165) is 24.8 Å². The number of fused-ring (bicyclic) bond motifs is 1. The molecule has 1 aliphatic carbocycles. The third-order valence-corrected chi connectivity index (χ3v) is 4.31. The van der Waals surface area contributed by atoms with Gasteiger partial charge in [-0.25, -0.2) is 0 Å². The number of esters is 2. The summed E-state index contributed by atoms with van der Waals surface area (Å²) in [4.78, 5) is 36.7. The molecule has 0 saturated heterocycles. The van der Waals surface area contributed by atoms with E-state index >= 15 is 0 Å². The van der Waals surface area contributed by atoms with Crippen molar-refractivity contribution >= 4 is 17.7 Å². The normalized spacial score (nSPS) is 16.4. The van der Waals surface area contributed by atoms with Crippen LogP contribution in [0.25, 0.3) is 0 Å². The SMILES string of the molecule is CCOC(=O)C(C(=O)CC1CCCc2ccccc21)C(=O)OCC. The summed E-state index contributed by atoms with van der Waals surface area (Å²) in [5.74, 6) is -3.49. The van der Waals surface area contributed by atoms with Gasteiger partial charge in [-0.3, -0.25) is 14.4 Å². The molecule has 5 nitrogen and oxygen atoms in total. The lowest BCUT2D eigenvalue weighted by atomic mass is 9.79. The van der Waals surface area contributed by atoms with E-state index in [1.165, 1.54) is 5.56 Å². The number of aryl methyl sites for hydroxylation is 1. The van der Waals surface area contributed by atoms with Gasteiger partial charge >= 0.3 is 11.9 Å². The second-order valence-corrected chi connectivity index (χ2v) is 5.90. The van der Waals surface area contributed by atoms with Gasteiger partial charge in [0.05, 0.1) is 13.2 Å². The molecule has 0 bridgehead atoms. The quantitative estimate of drug-likeness (QED) is 0.567. The summed E-state index contributed by atoms with van der Waals surface area (Å²) in [5.41, 5.74) is 2.38. The molecular formula is C19H24O5. The molecule has 1 aromatic rings. The Labute approximate surface area is 142 Å². The Morgan fingerprint density at radius 1 is 1.08 bits per heavy atom. The second kappa shape index (κ2) is 8.62. The summed E-state index contributed by atoms with van der Waals surface area (Å²) < 4.78 is 9.78. The third-order valence-electron chi connectivity index (χ3n) is 4.31. The predicted octanol–water partition coefficient (Wildman–Crippen LogP) is 2.81. The van der Waals surface area contributed by atoms with Gasteiger partial charge in [0.25, 0.3) is 0 Å². The van der Waals surface area contributed by atoms with Crippen LogP contribution in [0.2, 0.25) is 0 Å². The molecule has 2 rings (SSSR count). The van der Waals surface area contributed by atoms with Crippen LogP contribution < -0.4 is 0 Å². The first-order valence-electron chi connectivity index (χ1n) is 8.52. The number of ketones is 1. The zero-order valence-corrected chi connectivity index (χ0v) is 14.2. The van der Waals surface area contributed by atoms with Crippen LogP contribution in [0.3, 0.4) is 0 Å². The third kappa shape index (κ3) is 4.22. The molecule has 1 aromatic carbocycles. The number of benzene rings is 1. The summed E-state index contributed by atoms with van der Waals surface area (Å²) in [6.07, 6.45) is 3.03. The van der Waals surface area contributed by atoms with Gasteiger partial charge in [0.2, 0.25) is 5.92 Å². The van der Waals surface area contributed by atoms with E-state index in [-0.39, 0.29) is 25.6 Å². The molecule has 0 heterocycles.